The van der Waals surface area contributed by atoms with Crippen LogP contribution in [0.1, 0.15) is 78.1 Å². The highest BCUT2D eigenvalue weighted by atomic mass is 32.2. The average Bonchev–Trinajstić information content (AvgIpc) is 2.57. The Balaban J connectivity index is 2.02. The highest BCUT2D eigenvalue weighted by Gasteiger charge is 2.37. The van der Waals surface area contributed by atoms with Gasteiger partial charge in [-0.1, -0.05) is 50.3 Å². The minimum Gasteiger partial charge on any atom is -0.465 e. The third-order valence-electron chi connectivity index (χ3n) is 5.50. The van der Waals surface area contributed by atoms with Crippen LogP contribution in [0.4, 0.5) is 0 Å². The fourth-order valence-corrected chi connectivity index (χ4v) is 5.37. The molecular weight excluding hydrogens is 308 g/mol. The fraction of sp³-hybridized carbons (Fsp3) is 0.895. The van der Waals surface area contributed by atoms with Gasteiger partial charge in [-0.3, -0.25) is 9.59 Å². The highest BCUT2D eigenvalue weighted by Crippen LogP contribution is 2.42. The summed E-state index contributed by atoms with van der Waals surface area (Å²) in [6.07, 6.45) is 12.5. The molecule has 2 aliphatic rings. The molecular formula is C19H32O3S. The summed E-state index contributed by atoms with van der Waals surface area (Å²) in [6.45, 7) is 4.00. The number of esters is 1. The summed E-state index contributed by atoms with van der Waals surface area (Å²) in [6, 6.07) is 0. The normalized spacial score (nSPS) is 22.0. The van der Waals surface area contributed by atoms with Crippen LogP contribution in [0.15, 0.2) is 0 Å². The quantitative estimate of drug-likeness (QED) is 0.640. The summed E-state index contributed by atoms with van der Waals surface area (Å²) in [7, 11) is 0. The van der Waals surface area contributed by atoms with E-state index >= 15 is 0 Å². The zero-order chi connectivity index (χ0) is 16.7. The standard InChI is InChI=1S/C19H32O3S/c1-3-22-18(20)14(2)23-19(21)17(15-10-6-4-7-11-15)16-12-8-5-9-13-16/h14-17H,3-13H2,1-2H3. The first-order valence-corrected chi connectivity index (χ1v) is 10.4. The molecule has 0 aromatic heterocycles. The molecule has 4 heteroatoms. The van der Waals surface area contributed by atoms with Crippen molar-refractivity contribution in [3.8, 4) is 0 Å². The maximum Gasteiger partial charge on any atom is 0.319 e. The van der Waals surface area contributed by atoms with Crippen LogP contribution in [0.25, 0.3) is 0 Å². The largest absolute Gasteiger partial charge is 0.465 e. The van der Waals surface area contributed by atoms with Crippen LogP contribution in [0, 0.1) is 17.8 Å². The van der Waals surface area contributed by atoms with E-state index in [1.807, 2.05) is 6.92 Å². The van der Waals surface area contributed by atoms with Gasteiger partial charge in [0.2, 0.25) is 0 Å². The maximum absolute atomic E-state index is 13.0. The Labute approximate surface area is 145 Å². The monoisotopic (exact) mass is 340 g/mol. The van der Waals surface area contributed by atoms with Gasteiger partial charge in [-0.15, -0.1) is 0 Å². The van der Waals surface area contributed by atoms with E-state index in [1.165, 1.54) is 76.0 Å². The topological polar surface area (TPSA) is 43.4 Å². The van der Waals surface area contributed by atoms with Gasteiger partial charge >= 0.3 is 5.97 Å². The van der Waals surface area contributed by atoms with Gasteiger partial charge in [0.05, 0.1) is 6.61 Å². The summed E-state index contributed by atoms with van der Waals surface area (Å²) in [5.74, 6) is 0.997. The maximum atomic E-state index is 13.0. The van der Waals surface area contributed by atoms with Crippen molar-refractivity contribution in [2.45, 2.75) is 83.3 Å². The first kappa shape index (κ1) is 18.8. The second-order valence-corrected chi connectivity index (χ2v) is 8.50. The lowest BCUT2D eigenvalue weighted by Crippen LogP contribution is -2.34. The summed E-state index contributed by atoms with van der Waals surface area (Å²) >= 11 is 1.23. The minimum atomic E-state index is -0.378. The molecule has 1 atom stereocenters. The molecule has 0 aliphatic heterocycles. The van der Waals surface area contributed by atoms with E-state index in [0.29, 0.717) is 18.4 Å². The van der Waals surface area contributed by atoms with E-state index in [0.717, 1.165) is 0 Å². The third kappa shape index (κ3) is 5.51. The Morgan fingerprint density at radius 1 is 0.957 bits per heavy atom. The van der Waals surface area contributed by atoms with E-state index < -0.39 is 0 Å². The number of ether oxygens (including phenoxy) is 1. The number of hydrogen-bond donors (Lipinski definition) is 0. The first-order chi connectivity index (χ1) is 11.1. The summed E-state index contributed by atoms with van der Waals surface area (Å²) in [5.41, 5.74) is 0. The van der Waals surface area contributed by atoms with Crippen LogP contribution in [0.3, 0.4) is 0 Å². The molecule has 3 nitrogen and oxygen atoms in total. The Bertz CT molecular complexity index is 366. The smallest absolute Gasteiger partial charge is 0.319 e. The van der Waals surface area contributed by atoms with Crippen molar-refractivity contribution in [1.29, 1.82) is 0 Å². The molecule has 0 spiro atoms. The predicted molar refractivity (Wildman–Crippen MR) is 95.3 cm³/mol. The van der Waals surface area contributed by atoms with Crippen LogP contribution >= 0.6 is 11.8 Å². The van der Waals surface area contributed by atoms with Crippen molar-refractivity contribution in [2.75, 3.05) is 6.61 Å². The fourth-order valence-electron chi connectivity index (χ4n) is 4.32. The molecule has 0 amide bonds. The Kier molecular flexibility index (Phi) is 7.94. The van der Waals surface area contributed by atoms with Crippen LogP contribution in [0.5, 0.6) is 0 Å². The molecule has 0 aromatic rings. The molecule has 2 rings (SSSR count). The van der Waals surface area contributed by atoms with Gasteiger partial charge in [0.1, 0.15) is 5.25 Å². The number of carbonyl (C=O) groups is 2. The Morgan fingerprint density at radius 3 is 1.87 bits per heavy atom. The lowest BCUT2D eigenvalue weighted by Gasteiger charge is -2.36. The van der Waals surface area contributed by atoms with Gasteiger partial charge in [0.25, 0.3) is 0 Å². The van der Waals surface area contributed by atoms with Gasteiger partial charge in [0, 0.05) is 5.92 Å². The molecule has 0 saturated heterocycles. The van der Waals surface area contributed by atoms with Crippen LogP contribution in [0.2, 0.25) is 0 Å². The Hall–Kier alpha value is -0.510. The lowest BCUT2D eigenvalue weighted by atomic mass is 9.70. The Morgan fingerprint density at radius 2 is 1.43 bits per heavy atom. The van der Waals surface area contributed by atoms with E-state index in [9.17, 15) is 9.59 Å². The molecule has 0 N–H and O–H groups in total. The van der Waals surface area contributed by atoms with Crippen LogP contribution in [-0.4, -0.2) is 22.9 Å². The summed E-state index contributed by atoms with van der Waals surface area (Å²) in [5, 5.41) is -0.124. The second-order valence-electron chi connectivity index (χ2n) is 7.15. The first-order valence-electron chi connectivity index (χ1n) is 9.50. The molecule has 2 saturated carbocycles. The highest BCUT2D eigenvalue weighted by molar-refractivity contribution is 8.14. The van der Waals surface area contributed by atoms with Crippen molar-refractivity contribution in [2.24, 2.45) is 17.8 Å². The summed E-state index contributed by atoms with van der Waals surface area (Å²) < 4.78 is 5.06. The van der Waals surface area contributed by atoms with E-state index in [1.54, 1.807) is 6.92 Å². The molecule has 0 radical (unpaired) electrons. The van der Waals surface area contributed by atoms with Crippen LogP contribution < -0.4 is 0 Å². The van der Waals surface area contributed by atoms with E-state index in [2.05, 4.69) is 0 Å². The summed E-state index contributed by atoms with van der Waals surface area (Å²) in [4.78, 5) is 24.9. The zero-order valence-electron chi connectivity index (χ0n) is 14.7. The predicted octanol–water partition coefficient (Wildman–Crippen LogP) is 4.97. The van der Waals surface area contributed by atoms with Gasteiger partial charge in [-0.25, -0.2) is 0 Å². The van der Waals surface area contributed by atoms with Crippen molar-refractivity contribution >= 4 is 22.8 Å². The van der Waals surface area contributed by atoms with E-state index in [4.69, 9.17) is 4.74 Å². The molecule has 0 aromatic carbocycles. The van der Waals surface area contributed by atoms with Crippen molar-refractivity contribution in [3.05, 3.63) is 0 Å². The van der Waals surface area contributed by atoms with Gasteiger partial charge < -0.3 is 4.74 Å². The number of hydrogen-bond acceptors (Lipinski definition) is 4. The van der Waals surface area contributed by atoms with Crippen LogP contribution in [-0.2, 0) is 14.3 Å². The third-order valence-corrected chi connectivity index (χ3v) is 6.55. The minimum absolute atomic E-state index is 0.164. The zero-order valence-corrected chi connectivity index (χ0v) is 15.5. The molecule has 132 valence electrons. The molecule has 0 heterocycles. The van der Waals surface area contributed by atoms with Crippen molar-refractivity contribution in [3.63, 3.8) is 0 Å². The van der Waals surface area contributed by atoms with Gasteiger partial charge in [-0.2, -0.15) is 0 Å². The SMILES string of the molecule is CCOC(=O)C(C)SC(=O)C(C1CCCCC1)C1CCCCC1. The average molecular weight is 341 g/mol. The van der Waals surface area contributed by atoms with E-state index in [-0.39, 0.29) is 22.3 Å². The molecule has 23 heavy (non-hydrogen) atoms. The van der Waals surface area contributed by atoms with Crippen molar-refractivity contribution in [1.82, 2.24) is 0 Å². The van der Waals surface area contributed by atoms with Crippen molar-refractivity contribution < 1.29 is 14.3 Å². The van der Waals surface area contributed by atoms with Gasteiger partial charge in [0.15, 0.2) is 5.12 Å². The second kappa shape index (κ2) is 9.71. The number of carbonyl (C=O) groups excluding carboxylic acids is 2. The molecule has 1 unspecified atom stereocenters. The molecule has 2 aliphatic carbocycles. The lowest BCUT2D eigenvalue weighted by molar-refractivity contribution is -0.142. The number of thioether (sulfide) groups is 1. The molecule has 2 fully saturated rings. The number of rotatable bonds is 6. The van der Waals surface area contributed by atoms with Gasteiger partial charge in [-0.05, 0) is 51.4 Å². The molecule has 0 bridgehead atoms.